The molecule has 0 amide bonds. The molecule has 0 fully saturated rings. The standard InChI is InChI=1S/C18H22F2N2O2S/c1-4-6-9-22-11(3)15(17(23)24-5-2)16(21-18(22)25)13-8-7-12(19)10-14(13)20/h7-8,10,16H,4-6,9H2,1-3H3,(H,21,25). The predicted octanol–water partition coefficient (Wildman–Crippen LogP) is 3.83. The van der Waals surface area contributed by atoms with Gasteiger partial charge in [0.05, 0.1) is 18.2 Å². The molecule has 4 nitrogen and oxygen atoms in total. The van der Waals surface area contributed by atoms with Crippen LogP contribution in [0, 0.1) is 11.6 Å². The van der Waals surface area contributed by atoms with E-state index in [2.05, 4.69) is 12.2 Å². The van der Waals surface area contributed by atoms with E-state index in [4.69, 9.17) is 17.0 Å². The molecule has 1 unspecified atom stereocenters. The molecular weight excluding hydrogens is 346 g/mol. The Labute approximate surface area is 151 Å². The molecule has 1 N–H and O–H groups in total. The number of rotatable bonds is 6. The van der Waals surface area contributed by atoms with Gasteiger partial charge in [-0.2, -0.15) is 0 Å². The number of hydrogen-bond acceptors (Lipinski definition) is 3. The molecule has 1 aromatic rings. The van der Waals surface area contributed by atoms with Crippen molar-refractivity contribution in [2.75, 3.05) is 13.2 Å². The Morgan fingerprint density at radius 2 is 2.08 bits per heavy atom. The van der Waals surface area contributed by atoms with Crippen LogP contribution in [-0.2, 0) is 9.53 Å². The van der Waals surface area contributed by atoms with Crippen molar-refractivity contribution in [3.8, 4) is 0 Å². The van der Waals surface area contributed by atoms with Crippen LogP contribution in [-0.4, -0.2) is 29.1 Å². The van der Waals surface area contributed by atoms with Gasteiger partial charge in [-0.15, -0.1) is 0 Å². The molecule has 1 aliphatic rings. The van der Waals surface area contributed by atoms with Crippen LogP contribution in [0.1, 0.15) is 45.2 Å². The fourth-order valence-electron chi connectivity index (χ4n) is 2.81. The molecule has 0 spiro atoms. The second kappa shape index (κ2) is 8.38. The average Bonchev–Trinajstić information content (AvgIpc) is 2.54. The summed E-state index contributed by atoms with van der Waals surface area (Å²) in [4.78, 5) is 14.3. The molecule has 0 aromatic heterocycles. The molecule has 1 atom stereocenters. The van der Waals surface area contributed by atoms with E-state index in [1.165, 1.54) is 6.07 Å². The summed E-state index contributed by atoms with van der Waals surface area (Å²) in [7, 11) is 0. The van der Waals surface area contributed by atoms with E-state index in [0.717, 1.165) is 25.0 Å². The Morgan fingerprint density at radius 1 is 1.36 bits per heavy atom. The number of esters is 1. The largest absolute Gasteiger partial charge is 0.463 e. The number of benzene rings is 1. The van der Waals surface area contributed by atoms with Crippen LogP contribution < -0.4 is 5.32 Å². The zero-order chi connectivity index (χ0) is 18.6. The molecule has 1 aliphatic heterocycles. The lowest BCUT2D eigenvalue weighted by Crippen LogP contribution is -2.48. The zero-order valence-electron chi connectivity index (χ0n) is 14.6. The van der Waals surface area contributed by atoms with Crippen LogP contribution in [0.25, 0.3) is 0 Å². The Morgan fingerprint density at radius 3 is 2.68 bits per heavy atom. The number of hydrogen-bond donors (Lipinski definition) is 1. The summed E-state index contributed by atoms with van der Waals surface area (Å²) < 4.78 is 32.7. The number of allylic oxidation sites excluding steroid dienone is 1. The zero-order valence-corrected chi connectivity index (χ0v) is 15.4. The van der Waals surface area contributed by atoms with Crippen LogP contribution in [0.5, 0.6) is 0 Å². The second-order valence-corrected chi connectivity index (χ2v) is 6.16. The van der Waals surface area contributed by atoms with Gasteiger partial charge in [-0.1, -0.05) is 19.4 Å². The summed E-state index contributed by atoms with van der Waals surface area (Å²) in [6, 6.07) is 2.45. The number of unbranched alkanes of at least 4 members (excludes halogenated alkanes) is 1. The van der Waals surface area contributed by atoms with Crippen LogP contribution in [0.2, 0.25) is 0 Å². The maximum atomic E-state index is 14.3. The van der Waals surface area contributed by atoms with Gasteiger partial charge in [0, 0.05) is 23.9 Å². The molecule has 0 saturated carbocycles. The summed E-state index contributed by atoms with van der Waals surface area (Å²) in [5, 5.41) is 3.42. The smallest absolute Gasteiger partial charge is 0.338 e. The molecule has 0 bridgehead atoms. The Balaban J connectivity index is 2.52. The predicted molar refractivity (Wildman–Crippen MR) is 95.8 cm³/mol. The number of carbonyl (C=O) groups is 1. The first kappa shape index (κ1) is 19.3. The van der Waals surface area contributed by atoms with Gasteiger partial charge in [-0.05, 0) is 38.6 Å². The maximum Gasteiger partial charge on any atom is 0.338 e. The monoisotopic (exact) mass is 368 g/mol. The van der Waals surface area contributed by atoms with Gasteiger partial charge in [0.2, 0.25) is 0 Å². The third-order valence-corrected chi connectivity index (χ3v) is 4.44. The summed E-state index contributed by atoms with van der Waals surface area (Å²) in [6.45, 7) is 6.38. The van der Waals surface area contributed by atoms with E-state index >= 15 is 0 Å². The van der Waals surface area contributed by atoms with Crippen LogP contribution in [0.15, 0.2) is 29.5 Å². The van der Waals surface area contributed by atoms with Gasteiger partial charge in [0.15, 0.2) is 5.11 Å². The fourth-order valence-corrected chi connectivity index (χ4v) is 3.15. The van der Waals surface area contributed by atoms with E-state index < -0.39 is 23.6 Å². The highest BCUT2D eigenvalue weighted by Crippen LogP contribution is 2.33. The van der Waals surface area contributed by atoms with Crippen molar-refractivity contribution in [1.29, 1.82) is 0 Å². The molecule has 0 aliphatic carbocycles. The van der Waals surface area contributed by atoms with Crippen molar-refractivity contribution >= 4 is 23.3 Å². The van der Waals surface area contributed by atoms with Gasteiger partial charge in [0.25, 0.3) is 0 Å². The molecule has 7 heteroatoms. The summed E-state index contributed by atoms with van der Waals surface area (Å²) in [6.07, 6.45) is 1.86. The van der Waals surface area contributed by atoms with Crippen LogP contribution in [0.4, 0.5) is 8.78 Å². The molecule has 0 saturated heterocycles. The summed E-state index contributed by atoms with van der Waals surface area (Å²) in [5.41, 5.74) is 1.07. The molecule has 1 heterocycles. The first-order valence-corrected chi connectivity index (χ1v) is 8.72. The highest BCUT2D eigenvalue weighted by Gasteiger charge is 2.35. The quantitative estimate of drug-likeness (QED) is 0.610. The van der Waals surface area contributed by atoms with Gasteiger partial charge < -0.3 is 15.0 Å². The first-order valence-electron chi connectivity index (χ1n) is 8.31. The van der Waals surface area contributed by atoms with Crippen molar-refractivity contribution in [2.24, 2.45) is 0 Å². The van der Waals surface area contributed by atoms with Gasteiger partial charge >= 0.3 is 5.97 Å². The summed E-state index contributed by atoms with van der Waals surface area (Å²) in [5.74, 6) is -1.95. The van der Waals surface area contributed by atoms with Gasteiger partial charge in [-0.25, -0.2) is 13.6 Å². The number of halogens is 2. The molecule has 136 valence electrons. The number of nitrogens with one attached hydrogen (secondary N) is 1. The average molecular weight is 368 g/mol. The summed E-state index contributed by atoms with van der Waals surface area (Å²) >= 11 is 5.40. The number of nitrogens with zero attached hydrogens (tertiary/aromatic N) is 1. The van der Waals surface area contributed by atoms with Crippen molar-refractivity contribution in [3.63, 3.8) is 0 Å². The molecule has 2 rings (SSSR count). The van der Waals surface area contributed by atoms with E-state index in [-0.39, 0.29) is 17.7 Å². The van der Waals surface area contributed by atoms with Gasteiger partial charge in [-0.3, -0.25) is 0 Å². The molecule has 0 radical (unpaired) electrons. The highest BCUT2D eigenvalue weighted by molar-refractivity contribution is 7.80. The van der Waals surface area contributed by atoms with Gasteiger partial charge in [0.1, 0.15) is 11.6 Å². The third-order valence-electron chi connectivity index (χ3n) is 4.10. The minimum absolute atomic E-state index is 0.154. The van der Waals surface area contributed by atoms with Crippen molar-refractivity contribution in [2.45, 2.75) is 39.7 Å². The SMILES string of the molecule is CCCCN1C(=S)NC(c2ccc(F)cc2F)C(C(=O)OCC)=C1C. The lowest BCUT2D eigenvalue weighted by atomic mass is 9.94. The van der Waals surface area contributed by atoms with E-state index in [9.17, 15) is 13.6 Å². The first-order chi connectivity index (χ1) is 11.9. The van der Waals surface area contributed by atoms with Crippen LogP contribution >= 0.6 is 12.2 Å². The Kier molecular flexibility index (Phi) is 6.47. The minimum Gasteiger partial charge on any atom is -0.463 e. The molecular formula is C18H22F2N2O2S. The third kappa shape index (κ3) is 4.15. The minimum atomic E-state index is -0.815. The van der Waals surface area contributed by atoms with Crippen molar-refractivity contribution in [3.05, 3.63) is 46.7 Å². The van der Waals surface area contributed by atoms with E-state index in [1.54, 1.807) is 13.8 Å². The Bertz CT molecular complexity index is 706. The van der Waals surface area contributed by atoms with Crippen molar-refractivity contribution < 1.29 is 18.3 Å². The van der Waals surface area contributed by atoms with E-state index in [0.29, 0.717) is 17.4 Å². The lowest BCUT2D eigenvalue weighted by Gasteiger charge is -2.37. The second-order valence-electron chi connectivity index (χ2n) is 5.77. The van der Waals surface area contributed by atoms with Crippen molar-refractivity contribution in [1.82, 2.24) is 10.2 Å². The number of ether oxygens (including phenoxy) is 1. The van der Waals surface area contributed by atoms with E-state index in [1.807, 2.05) is 4.90 Å². The normalized spacial score (nSPS) is 17.6. The number of thiocarbonyl (C=S) groups is 1. The highest BCUT2D eigenvalue weighted by atomic mass is 32.1. The fraction of sp³-hybridized carbons (Fsp3) is 0.444. The molecule has 1 aromatic carbocycles. The molecule has 25 heavy (non-hydrogen) atoms. The maximum absolute atomic E-state index is 14.3. The Hall–Kier alpha value is -2.02. The number of carbonyl (C=O) groups excluding carboxylic acids is 1. The topological polar surface area (TPSA) is 41.6 Å². The van der Waals surface area contributed by atoms with Crippen LogP contribution in [0.3, 0.4) is 0 Å². The lowest BCUT2D eigenvalue weighted by molar-refractivity contribution is -0.139.